The highest BCUT2D eigenvalue weighted by atomic mass is 16.2. The number of aromatic amines is 1. The SMILES string of the molecule is Cc1cc(C)n(C(C)C(=O)NC(c2ccccc2)c2n[nH]c(C)n2)n1. The van der Waals surface area contributed by atoms with Crippen molar-refractivity contribution in [3.8, 4) is 0 Å². The third kappa shape index (κ3) is 3.60. The van der Waals surface area contributed by atoms with Crippen molar-refractivity contribution in [2.24, 2.45) is 0 Å². The van der Waals surface area contributed by atoms with Gasteiger partial charge in [0.05, 0.1) is 5.69 Å². The number of aromatic nitrogens is 5. The van der Waals surface area contributed by atoms with E-state index in [1.807, 2.05) is 64.1 Å². The van der Waals surface area contributed by atoms with E-state index >= 15 is 0 Å². The smallest absolute Gasteiger partial charge is 0.245 e. The van der Waals surface area contributed by atoms with Crippen molar-refractivity contribution in [3.05, 3.63) is 65.0 Å². The molecule has 0 aliphatic carbocycles. The monoisotopic (exact) mass is 338 g/mol. The van der Waals surface area contributed by atoms with Gasteiger partial charge < -0.3 is 5.32 Å². The van der Waals surface area contributed by atoms with Crippen LogP contribution in [0.1, 0.15) is 47.6 Å². The molecule has 0 saturated heterocycles. The first kappa shape index (κ1) is 16.9. The Morgan fingerprint density at radius 2 is 1.92 bits per heavy atom. The first-order valence-electron chi connectivity index (χ1n) is 8.22. The summed E-state index contributed by atoms with van der Waals surface area (Å²) in [4.78, 5) is 17.2. The number of rotatable bonds is 5. The average molecular weight is 338 g/mol. The molecule has 1 amide bonds. The fraction of sp³-hybridized carbons (Fsp3) is 0.333. The molecule has 2 atom stereocenters. The Balaban J connectivity index is 1.87. The number of carbonyl (C=O) groups excluding carboxylic acids is 1. The minimum atomic E-state index is -0.431. The van der Waals surface area contributed by atoms with Crippen LogP contribution >= 0.6 is 0 Å². The maximum atomic E-state index is 12.8. The highest BCUT2D eigenvalue weighted by Crippen LogP contribution is 2.20. The molecule has 0 spiro atoms. The molecule has 2 aromatic heterocycles. The zero-order valence-corrected chi connectivity index (χ0v) is 14.8. The van der Waals surface area contributed by atoms with Crippen LogP contribution in [-0.2, 0) is 4.79 Å². The summed E-state index contributed by atoms with van der Waals surface area (Å²) in [6, 6.07) is 10.8. The Hall–Kier alpha value is -2.96. The molecule has 2 N–H and O–H groups in total. The van der Waals surface area contributed by atoms with E-state index in [-0.39, 0.29) is 5.91 Å². The molecular weight excluding hydrogens is 316 g/mol. The molecule has 0 aliphatic rings. The van der Waals surface area contributed by atoms with Crippen LogP contribution in [0.5, 0.6) is 0 Å². The van der Waals surface area contributed by atoms with Gasteiger partial charge in [-0.2, -0.15) is 10.2 Å². The van der Waals surface area contributed by atoms with E-state index in [0.29, 0.717) is 11.6 Å². The summed E-state index contributed by atoms with van der Waals surface area (Å²) in [6.45, 7) is 7.52. The van der Waals surface area contributed by atoms with Crippen LogP contribution in [0.2, 0.25) is 0 Å². The molecule has 7 heteroatoms. The van der Waals surface area contributed by atoms with Gasteiger partial charge in [-0.25, -0.2) is 4.98 Å². The van der Waals surface area contributed by atoms with Crippen LogP contribution in [0.15, 0.2) is 36.4 Å². The van der Waals surface area contributed by atoms with Crippen LogP contribution in [0.25, 0.3) is 0 Å². The largest absolute Gasteiger partial charge is 0.340 e. The summed E-state index contributed by atoms with van der Waals surface area (Å²) in [7, 11) is 0. The molecular formula is C18H22N6O. The number of carbonyl (C=O) groups is 1. The lowest BCUT2D eigenvalue weighted by molar-refractivity contribution is -0.124. The van der Waals surface area contributed by atoms with Crippen LogP contribution in [0.3, 0.4) is 0 Å². The maximum Gasteiger partial charge on any atom is 0.245 e. The Bertz CT molecular complexity index is 867. The number of hydrogen-bond donors (Lipinski definition) is 2. The molecule has 0 radical (unpaired) electrons. The van der Waals surface area contributed by atoms with E-state index in [9.17, 15) is 4.79 Å². The normalized spacial score (nSPS) is 13.4. The van der Waals surface area contributed by atoms with Gasteiger partial charge in [0.1, 0.15) is 17.9 Å². The summed E-state index contributed by atoms with van der Waals surface area (Å²) in [5.41, 5.74) is 2.77. The second kappa shape index (κ2) is 6.88. The zero-order chi connectivity index (χ0) is 18.0. The van der Waals surface area contributed by atoms with Crippen LogP contribution in [-0.4, -0.2) is 30.9 Å². The summed E-state index contributed by atoms with van der Waals surface area (Å²) >= 11 is 0. The molecule has 2 heterocycles. The lowest BCUT2D eigenvalue weighted by atomic mass is 10.1. The minimum absolute atomic E-state index is 0.137. The summed E-state index contributed by atoms with van der Waals surface area (Å²) in [6.07, 6.45) is 0. The van der Waals surface area contributed by atoms with Gasteiger partial charge in [0, 0.05) is 5.69 Å². The quantitative estimate of drug-likeness (QED) is 0.747. The topological polar surface area (TPSA) is 88.5 Å². The van der Waals surface area contributed by atoms with E-state index in [1.165, 1.54) is 0 Å². The van der Waals surface area contributed by atoms with E-state index < -0.39 is 12.1 Å². The predicted octanol–water partition coefficient (Wildman–Crippen LogP) is 2.39. The average Bonchev–Trinajstić information content (AvgIpc) is 3.17. The van der Waals surface area contributed by atoms with Gasteiger partial charge in [0.2, 0.25) is 5.91 Å². The highest BCUT2D eigenvalue weighted by Gasteiger charge is 2.25. The molecule has 0 fully saturated rings. The third-order valence-electron chi connectivity index (χ3n) is 4.08. The molecule has 2 unspecified atom stereocenters. The van der Waals surface area contributed by atoms with Gasteiger partial charge in [-0.05, 0) is 39.3 Å². The van der Waals surface area contributed by atoms with Crippen LogP contribution < -0.4 is 5.32 Å². The first-order chi connectivity index (χ1) is 12.0. The fourth-order valence-corrected chi connectivity index (χ4v) is 2.84. The Morgan fingerprint density at radius 1 is 1.20 bits per heavy atom. The van der Waals surface area contributed by atoms with Gasteiger partial charge >= 0.3 is 0 Å². The lowest BCUT2D eigenvalue weighted by Crippen LogP contribution is -2.36. The summed E-state index contributed by atoms with van der Waals surface area (Å²) in [5, 5.41) is 14.5. The van der Waals surface area contributed by atoms with Crippen LogP contribution in [0, 0.1) is 20.8 Å². The Kier molecular flexibility index (Phi) is 4.65. The van der Waals surface area contributed by atoms with Crippen molar-refractivity contribution in [1.29, 1.82) is 0 Å². The molecule has 1 aromatic carbocycles. The van der Waals surface area contributed by atoms with E-state index in [2.05, 4.69) is 25.6 Å². The van der Waals surface area contributed by atoms with Crippen molar-refractivity contribution in [3.63, 3.8) is 0 Å². The second-order valence-electron chi connectivity index (χ2n) is 6.18. The van der Waals surface area contributed by atoms with Gasteiger partial charge in [-0.15, -0.1) is 0 Å². The molecule has 7 nitrogen and oxygen atoms in total. The molecule has 3 rings (SSSR count). The number of amides is 1. The number of benzene rings is 1. The number of nitrogens with zero attached hydrogens (tertiary/aromatic N) is 4. The van der Waals surface area contributed by atoms with Crippen molar-refractivity contribution in [2.75, 3.05) is 0 Å². The highest BCUT2D eigenvalue weighted by molar-refractivity contribution is 5.80. The Morgan fingerprint density at radius 3 is 2.48 bits per heavy atom. The van der Waals surface area contributed by atoms with Crippen molar-refractivity contribution >= 4 is 5.91 Å². The van der Waals surface area contributed by atoms with Gasteiger partial charge in [-0.3, -0.25) is 14.6 Å². The van der Waals surface area contributed by atoms with E-state index in [0.717, 1.165) is 17.0 Å². The number of hydrogen-bond acceptors (Lipinski definition) is 4. The summed E-state index contributed by atoms with van der Waals surface area (Å²) in [5.74, 6) is 1.11. The van der Waals surface area contributed by atoms with Gasteiger partial charge in [0.15, 0.2) is 5.82 Å². The molecule has 0 aliphatic heterocycles. The van der Waals surface area contributed by atoms with Gasteiger partial charge in [-0.1, -0.05) is 30.3 Å². The lowest BCUT2D eigenvalue weighted by Gasteiger charge is -2.20. The molecule has 25 heavy (non-hydrogen) atoms. The van der Waals surface area contributed by atoms with Crippen LogP contribution in [0.4, 0.5) is 0 Å². The van der Waals surface area contributed by atoms with Gasteiger partial charge in [0.25, 0.3) is 0 Å². The summed E-state index contributed by atoms with van der Waals surface area (Å²) < 4.78 is 1.73. The first-order valence-corrected chi connectivity index (χ1v) is 8.22. The molecule has 130 valence electrons. The van der Waals surface area contributed by atoms with E-state index in [4.69, 9.17) is 0 Å². The Labute approximate surface area is 146 Å². The number of aryl methyl sites for hydroxylation is 3. The third-order valence-corrected chi connectivity index (χ3v) is 4.08. The van der Waals surface area contributed by atoms with Crippen molar-refractivity contribution in [1.82, 2.24) is 30.3 Å². The second-order valence-corrected chi connectivity index (χ2v) is 6.18. The fourth-order valence-electron chi connectivity index (χ4n) is 2.84. The number of nitrogens with one attached hydrogen (secondary N) is 2. The minimum Gasteiger partial charge on any atom is -0.340 e. The molecule has 3 aromatic rings. The van der Waals surface area contributed by atoms with E-state index in [1.54, 1.807) is 4.68 Å². The number of H-pyrrole nitrogens is 1. The van der Waals surface area contributed by atoms with Crippen molar-refractivity contribution < 1.29 is 4.79 Å². The standard InChI is InChI=1S/C18H22N6O/c1-11-10-12(2)24(23-11)13(3)18(25)20-16(15-8-6-5-7-9-15)17-19-14(4)21-22-17/h5-10,13,16H,1-4H3,(H,20,25)(H,19,21,22). The van der Waals surface area contributed by atoms with Crippen molar-refractivity contribution in [2.45, 2.75) is 39.8 Å². The zero-order valence-electron chi connectivity index (χ0n) is 14.8. The molecule has 0 bridgehead atoms. The molecule has 0 saturated carbocycles. The maximum absolute atomic E-state index is 12.8. The predicted molar refractivity (Wildman–Crippen MR) is 94.0 cm³/mol.